The summed E-state index contributed by atoms with van der Waals surface area (Å²) in [5.74, 6) is 0. The van der Waals surface area contributed by atoms with E-state index in [-0.39, 0.29) is 0 Å². The van der Waals surface area contributed by atoms with E-state index >= 15 is 0 Å². The Hall–Kier alpha value is -0.200. The molecule has 0 rings (SSSR count). The molecular weight excluding hydrogens is 200 g/mol. The fourth-order valence-electron chi connectivity index (χ4n) is 1.34. The quantitative estimate of drug-likeness (QED) is 0.475. The van der Waals surface area contributed by atoms with Gasteiger partial charge in [-0.15, -0.1) is 0 Å². The number of aliphatic hydroxyl groups excluding tert-OH is 2. The average molecular weight is 222 g/mol. The molecule has 0 aromatic carbocycles. The number of hydrogen-bond donors (Lipinski definition) is 4. The van der Waals surface area contributed by atoms with Crippen molar-refractivity contribution < 1.29 is 25.2 Å². The van der Waals surface area contributed by atoms with Gasteiger partial charge in [-0.3, -0.25) is 0 Å². The van der Waals surface area contributed by atoms with Crippen LogP contribution in [0.2, 0.25) is 0 Å². The van der Waals surface area contributed by atoms with Gasteiger partial charge in [0.15, 0.2) is 0 Å². The fourth-order valence-corrected chi connectivity index (χ4v) is 1.34. The van der Waals surface area contributed by atoms with E-state index in [1.165, 1.54) is 20.8 Å². The van der Waals surface area contributed by atoms with Crippen molar-refractivity contribution in [2.75, 3.05) is 13.2 Å². The van der Waals surface area contributed by atoms with Crippen molar-refractivity contribution in [3.05, 3.63) is 0 Å². The van der Waals surface area contributed by atoms with Gasteiger partial charge >= 0.3 is 0 Å². The van der Waals surface area contributed by atoms with Crippen molar-refractivity contribution in [2.45, 2.75) is 51.1 Å². The molecule has 5 heteroatoms. The van der Waals surface area contributed by atoms with Crippen LogP contribution >= 0.6 is 0 Å². The molecule has 0 aliphatic rings. The third-order valence-electron chi connectivity index (χ3n) is 3.00. The van der Waals surface area contributed by atoms with Crippen molar-refractivity contribution in [1.29, 1.82) is 0 Å². The van der Waals surface area contributed by atoms with Crippen LogP contribution in [0.25, 0.3) is 0 Å². The van der Waals surface area contributed by atoms with E-state index in [9.17, 15) is 15.3 Å². The van der Waals surface area contributed by atoms with Crippen molar-refractivity contribution in [3.8, 4) is 0 Å². The molecule has 92 valence electrons. The lowest BCUT2D eigenvalue weighted by Gasteiger charge is -2.44. The van der Waals surface area contributed by atoms with E-state index in [1.807, 2.05) is 0 Å². The van der Waals surface area contributed by atoms with Gasteiger partial charge in [-0.1, -0.05) is 0 Å². The topological polar surface area (TPSA) is 90.2 Å². The number of rotatable bonds is 6. The lowest BCUT2D eigenvalue weighted by atomic mass is 9.78. The maximum Gasteiger partial charge on any atom is 0.121 e. The molecule has 0 aromatic heterocycles. The van der Waals surface area contributed by atoms with Gasteiger partial charge in [-0.25, -0.2) is 0 Å². The van der Waals surface area contributed by atoms with E-state index in [0.717, 1.165) is 0 Å². The van der Waals surface area contributed by atoms with E-state index in [0.29, 0.717) is 6.61 Å². The molecule has 4 N–H and O–H groups in total. The summed E-state index contributed by atoms with van der Waals surface area (Å²) >= 11 is 0. The van der Waals surface area contributed by atoms with Crippen molar-refractivity contribution >= 4 is 0 Å². The Bertz CT molecular complexity index is 188. The molecule has 5 nitrogen and oxygen atoms in total. The summed E-state index contributed by atoms with van der Waals surface area (Å²) in [6.45, 7) is 5.60. The maximum atomic E-state index is 10.1. The van der Waals surface area contributed by atoms with E-state index in [2.05, 4.69) is 0 Å². The molecule has 0 spiro atoms. The van der Waals surface area contributed by atoms with Gasteiger partial charge in [-0.2, -0.15) is 0 Å². The largest absolute Gasteiger partial charge is 0.394 e. The Balaban J connectivity index is 4.90. The van der Waals surface area contributed by atoms with Gasteiger partial charge in [0, 0.05) is 6.61 Å². The smallest absolute Gasteiger partial charge is 0.121 e. The van der Waals surface area contributed by atoms with Gasteiger partial charge in [0.05, 0.1) is 12.7 Å². The monoisotopic (exact) mass is 222 g/mol. The van der Waals surface area contributed by atoms with Crippen LogP contribution in [0.4, 0.5) is 0 Å². The third-order valence-corrected chi connectivity index (χ3v) is 3.00. The Morgan fingerprint density at radius 2 is 1.67 bits per heavy atom. The normalized spacial score (nSPS) is 24.0. The summed E-state index contributed by atoms with van der Waals surface area (Å²) < 4.78 is 5.12. The highest BCUT2D eigenvalue weighted by molar-refractivity contribution is 5.02. The van der Waals surface area contributed by atoms with Crippen LogP contribution in [0.5, 0.6) is 0 Å². The lowest BCUT2D eigenvalue weighted by Crippen LogP contribution is -2.64. The summed E-state index contributed by atoms with van der Waals surface area (Å²) in [5.41, 5.74) is -3.48. The van der Waals surface area contributed by atoms with Gasteiger partial charge in [-0.05, 0) is 27.7 Å². The maximum absolute atomic E-state index is 10.1. The van der Waals surface area contributed by atoms with Crippen LogP contribution in [0.15, 0.2) is 0 Å². The molecule has 0 aliphatic heterocycles. The number of hydrogen-bond acceptors (Lipinski definition) is 5. The molecule has 0 fully saturated rings. The van der Waals surface area contributed by atoms with Crippen molar-refractivity contribution in [3.63, 3.8) is 0 Å². The average Bonchev–Trinajstić information content (AvgIpc) is 2.13. The van der Waals surface area contributed by atoms with Crippen LogP contribution < -0.4 is 0 Å². The highest BCUT2D eigenvalue weighted by Crippen LogP contribution is 2.30. The van der Waals surface area contributed by atoms with Gasteiger partial charge in [0.25, 0.3) is 0 Å². The Morgan fingerprint density at radius 1 is 1.20 bits per heavy atom. The Morgan fingerprint density at radius 3 is 1.93 bits per heavy atom. The summed E-state index contributed by atoms with van der Waals surface area (Å²) in [6, 6.07) is 0. The SMILES string of the molecule is CCOC(CO)C(C)(O)C(C)(O)C(C)O. The molecule has 0 heterocycles. The van der Waals surface area contributed by atoms with Crippen LogP contribution in [-0.2, 0) is 4.74 Å². The molecular formula is C10H22O5. The predicted molar refractivity (Wildman–Crippen MR) is 55.4 cm³/mol. The third kappa shape index (κ3) is 2.89. The minimum Gasteiger partial charge on any atom is -0.394 e. The zero-order valence-electron chi connectivity index (χ0n) is 9.77. The summed E-state index contributed by atoms with van der Waals surface area (Å²) in [6.07, 6.45) is -2.07. The number of aliphatic hydroxyl groups is 4. The van der Waals surface area contributed by atoms with Crippen LogP contribution in [0.3, 0.4) is 0 Å². The molecule has 4 unspecified atom stereocenters. The zero-order valence-corrected chi connectivity index (χ0v) is 9.77. The first-order chi connectivity index (χ1) is 6.71. The second-order valence-corrected chi connectivity index (χ2v) is 4.10. The van der Waals surface area contributed by atoms with Crippen LogP contribution in [0.1, 0.15) is 27.7 Å². The Kier molecular flexibility index (Phi) is 5.16. The Labute approximate surface area is 90.3 Å². The van der Waals surface area contributed by atoms with Gasteiger partial charge < -0.3 is 25.2 Å². The minimum absolute atomic E-state index is 0.303. The summed E-state index contributed by atoms with van der Waals surface area (Å²) in [5, 5.41) is 38.5. The molecule has 0 saturated carbocycles. The number of ether oxygens (including phenoxy) is 1. The van der Waals surface area contributed by atoms with Crippen molar-refractivity contribution in [2.24, 2.45) is 0 Å². The molecule has 0 aromatic rings. The molecule has 0 bridgehead atoms. The van der Waals surface area contributed by atoms with E-state index in [4.69, 9.17) is 9.84 Å². The van der Waals surface area contributed by atoms with Gasteiger partial charge in [0.2, 0.25) is 0 Å². The highest BCUT2D eigenvalue weighted by atomic mass is 16.5. The molecule has 0 saturated heterocycles. The van der Waals surface area contributed by atoms with Gasteiger partial charge in [0.1, 0.15) is 17.3 Å². The predicted octanol–water partition coefficient (Wildman–Crippen LogP) is -0.733. The molecule has 0 radical (unpaired) electrons. The molecule has 15 heavy (non-hydrogen) atoms. The van der Waals surface area contributed by atoms with Crippen molar-refractivity contribution in [1.82, 2.24) is 0 Å². The van der Waals surface area contributed by atoms with Crippen LogP contribution in [0, 0.1) is 0 Å². The van der Waals surface area contributed by atoms with E-state index in [1.54, 1.807) is 6.92 Å². The summed E-state index contributed by atoms with van der Waals surface area (Å²) in [4.78, 5) is 0. The van der Waals surface area contributed by atoms with Crippen LogP contribution in [-0.4, -0.2) is 57.0 Å². The fraction of sp³-hybridized carbons (Fsp3) is 1.00. The first-order valence-corrected chi connectivity index (χ1v) is 5.07. The molecule has 0 aliphatic carbocycles. The highest BCUT2D eigenvalue weighted by Gasteiger charge is 2.50. The first kappa shape index (κ1) is 14.8. The standard InChI is InChI=1S/C10H22O5/c1-5-15-8(6-11)10(4,14)9(3,13)7(2)12/h7-8,11-14H,5-6H2,1-4H3. The first-order valence-electron chi connectivity index (χ1n) is 5.07. The molecule has 0 amide bonds. The van der Waals surface area contributed by atoms with E-state index < -0.39 is 30.0 Å². The molecule has 4 atom stereocenters. The minimum atomic E-state index is -1.75. The zero-order chi connectivity index (χ0) is 12.3. The summed E-state index contributed by atoms with van der Waals surface area (Å²) in [7, 11) is 0. The second-order valence-electron chi connectivity index (χ2n) is 4.10. The lowest BCUT2D eigenvalue weighted by molar-refractivity contribution is -0.234. The second kappa shape index (κ2) is 5.23.